The van der Waals surface area contributed by atoms with Gasteiger partial charge in [-0.3, -0.25) is 4.98 Å². The van der Waals surface area contributed by atoms with Crippen molar-refractivity contribution in [2.45, 2.75) is 19.9 Å². The second-order valence-corrected chi connectivity index (χ2v) is 2.95. The minimum atomic E-state index is 0.101. The lowest BCUT2D eigenvalue weighted by molar-refractivity contribution is 0.930. The monoisotopic (exact) mass is 162 g/mol. The maximum absolute atomic E-state index is 5.58. The van der Waals surface area contributed by atoms with E-state index in [4.69, 9.17) is 5.73 Å². The summed E-state index contributed by atoms with van der Waals surface area (Å²) < 4.78 is 0. The van der Waals surface area contributed by atoms with Crippen molar-refractivity contribution in [3.63, 3.8) is 0 Å². The topological polar surface area (TPSA) is 38.9 Å². The van der Waals surface area contributed by atoms with E-state index in [0.29, 0.717) is 0 Å². The quantitative estimate of drug-likeness (QED) is 0.719. The van der Waals surface area contributed by atoms with Gasteiger partial charge in [0.15, 0.2) is 0 Å². The highest BCUT2D eigenvalue weighted by Crippen LogP contribution is 2.06. The number of rotatable bonds is 2. The molecule has 0 bridgehead atoms. The fourth-order valence-corrected chi connectivity index (χ4v) is 0.906. The molecule has 64 valence electrons. The van der Waals surface area contributed by atoms with Crippen LogP contribution in [0.4, 0.5) is 0 Å². The Balaban J connectivity index is 2.82. The van der Waals surface area contributed by atoms with Crippen LogP contribution >= 0.6 is 0 Å². The third-order valence-corrected chi connectivity index (χ3v) is 1.66. The first kappa shape index (κ1) is 8.94. The maximum atomic E-state index is 5.58. The molecule has 1 rings (SSSR count). The van der Waals surface area contributed by atoms with Crippen molar-refractivity contribution in [3.8, 4) is 0 Å². The first-order valence-electron chi connectivity index (χ1n) is 4.04. The molecule has 2 N–H and O–H groups in total. The van der Waals surface area contributed by atoms with Crippen molar-refractivity contribution < 1.29 is 0 Å². The Bertz CT molecular complexity index is 277. The Morgan fingerprint density at radius 3 is 2.92 bits per heavy atom. The molecular formula is C10H14N2. The summed E-state index contributed by atoms with van der Waals surface area (Å²) in [6.45, 7) is 4.00. The molecule has 1 aromatic rings. The van der Waals surface area contributed by atoms with Crippen LogP contribution in [0.2, 0.25) is 0 Å². The van der Waals surface area contributed by atoms with Gasteiger partial charge in [-0.2, -0.15) is 0 Å². The Morgan fingerprint density at radius 2 is 2.33 bits per heavy atom. The summed E-state index contributed by atoms with van der Waals surface area (Å²) >= 11 is 0. The van der Waals surface area contributed by atoms with Gasteiger partial charge in [-0.05, 0) is 31.0 Å². The first-order chi connectivity index (χ1) is 5.70. The van der Waals surface area contributed by atoms with Gasteiger partial charge >= 0.3 is 0 Å². The highest BCUT2D eigenvalue weighted by Gasteiger charge is 1.91. The molecule has 0 radical (unpaired) electrons. The number of hydrogen-bond acceptors (Lipinski definition) is 2. The molecule has 0 saturated heterocycles. The van der Waals surface area contributed by atoms with Crippen molar-refractivity contribution in [1.29, 1.82) is 0 Å². The molecule has 0 aromatic carbocycles. The summed E-state index contributed by atoms with van der Waals surface area (Å²) in [5.41, 5.74) is 7.94. The van der Waals surface area contributed by atoms with Crippen LogP contribution in [0.15, 0.2) is 24.5 Å². The van der Waals surface area contributed by atoms with Crippen LogP contribution in [0.5, 0.6) is 0 Å². The van der Waals surface area contributed by atoms with Crippen molar-refractivity contribution in [3.05, 3.63) is 35.7 Å². The molecule has 0 spiro atoms. The summed E-state index contributed by atoms with van der Waals surface area (Å²) in [4.78, 5) is 4.03. The van der Waals surface area contributed by atoms with Crippen LogP contribution in [0.1, 0.15) is 18.1 Å². The maximum Gasteiger partial charge on any atom is 0.0342 e. The highest BCUT2D eigenvalue weighted by molar-refractivity contribution is 5.52. The van der Waals surface area contributed by atoms with E-state index in [1.165, 1.54) is 5.56 Å². The summed E-state index contributed by atoms with van der Waals surface area (Å²) in [5, 5.41) is 0. The van der Waals surface area contributed by atoms with Gasteiger partial charge in [0.1, 0.15) is 0 Å². The number of aryl methyl sites for hydroxylation is 1. The minimum absolute atomic E-state index is 0.101. The smallest absolute Gasteiger partial charge is 0.0342 e. The van der Waals surface area contributed by atoms with Gasteiger partial charge in [-0.1, -0.05) is 12.2 Å². The average molecular weight is 162 g/mol. The molecule has 12 heavy (non-hydrogen) atoms. The zero-order valence-corrected chi connectivity index (χ0v) is 7.49. The highest BCUT2D eigenvalue weighted by atomic mass is 14.6. The predicted molar refractivity (Wildman–Crippen MR) is 51.7 cm³/mol. The van der Waals surface area contributed by atoms with Crippen LogP contribution in [0, 0.1) is 6.92 Å². The van der Waals surface area contributed by atoms with E-state index < -0.39 is 0 Å². The van der Waals surface area contributed by atoms with Crippen molar-refractivity contribution in [2.24, 2.45) is 5.73 Å². The molecule has 2 nitrogen and oxygen atoms in total. The van der Waals surface area contributed by atoms with Crippen LogP contribution < -0.4 is 5.73 Å². The van der Waals surface area contributed by atoms with Crippen molar-refractivity contribution in [1.82, 2.24) is 4.98 Å². The van der Waals surface area contributed by atoms with E-state index in [9.17, 15) is 0 Å². The molecule has 0 amide bonds. The molecule has 1 unspecified atom stereocenters. The molecule has 1 aromatic heterocycles. The van der Waals surface area contributed by atoms with Crippen LogP contribution in [0.3, 0.4) is 0 Å². The SMILES string of the molecule is Cc1ccncc1/C=C/C(C)N. The summed E-state index contributed by atoms with van der Waals surface area (Å²) in [6, 6.07) is 2.09. The van der Waals surface area contributed by atoms with Gasteiger partial charge in [-0.25, -0.2) is 0 Å². The Morgan fingerprint density at radius 1 is 1.58 bits per heavy atom. The van der Waals surface area contributed by atoms with Crippen LogP contribution in [-0.4, -0.2) is 11.0 Å². The molecular weight excluding hydrogens is 148 g/mol. The fraction of sp³-hybridized carbons (Fsp3) is 0.300. The minimum Gasteiger partial charge on any atom is -0.325 e. The van der Waals surface area contributed by atoms with E-state index in [1.807, 2.05) is 31.3 Å². The standard InChI is InChI=1S/C10H14N2/c1-8-5-6-12-7-10(8)4-3-9(2)11/h3-7,9H,11H2,1-2H3/b4-3+. The van der Waals surface area contributed by atoms with E-state index in [2.05, 4.69) is 11.9 Å². The lowest BCUT2D eigenvalue weighted by atomic mass is 10.1. The molecule has 1 heterocycles. The van der Waals surface area contributed by atoms with Gasteiger partial charge < -0.3 is 5.73 Å². The van der Waals surface area contributed by atoms with Gasteiger partial charge in [0.25, 0.3) is 0 Å². The summed E-state index contributed by atoms with van der Waals surface area (Å²) in [7, 11) is 0. The lowest BCUT2D eigenvalue weighted by Crippen LogP contribution is -2.09. The fourth-order valence-electron chi connectivity index (χ4n) is 0.906. The van der Waals surface area contributed by atoms with E-state index in [0.717, 1.165) is 5.56 Å². The number of nitrogens with zero attached hydrogens (tertiary/aromatic N) is 1. The molecule has 0 saturated carbocycles. The molecule has 0 fully saturated rings. The zero-order chi connectivity index (χ0) is 8.97. The molecule has 0 aliphatic rings. The number of nitrogens with two attached hydrogens (primary N) is 1. The summed E-state index contributed by atoms with van der Waals surface area (Å²) in [6.07, 6.45) is 7.60. The van der Waals surface area contributed by atoms with E-state index >= 15 is 0 Å². The first-order valence-corrected chi connectivity index (χ1v) is 4.04. The second-order valence-electron chi connectivity index (χ2n) is 2.95. The van der Waals surface area contributed by atoms with Gasteiger partial charge in [0.2, 0.25) is 0 Å². The van der Waals surface area contributed by atoms with Gasteiger partial charge in [-0.15, -0.1) is 0 Å². The number of aromatic nitrogens is 1. The normalized spacial score (nSPS) is 13.6. The van der Waals surface area contributed by atoms with Gasteiger partial charge in [0.05, 0.1) is 0 Å². The lowest BCUT2D eigenvalue weighted by Gasteiger charge is -1.98. The Kier molecular flexibility index (Phi) is 3.00. The van der Waals surface area contributed by atoms with Gasteiger partial charge in [0, 0.05) is 18.4 Å². The zero-order valence-electron chi connectivity index (χ0n) is 7.49. The third-order valence-electron chi connectivity index (χ3n) is 1.66. The van der Waals surface area contributed by atoms with Crippen molar-refractivity contribution >= 4 is 6.08 Å². The largest absolute Gasteiger partial charge is 0.325 e. The molecule has 2 heteroatoms. The molecule has 0 aliphatic heterocycles. The van der Waals surface area contributed by atoms with E-state index in [-0.39, 0.29) is 6.04 Å². The average Bonchev–Trinajstić information content (AvgIpc) is 2.03. The number of hydrogen-bond donors (Lipinski definition) is 1. The summed E-state index contributed by atoms with van der Waals surface area (Å²) in [5.74, 6) is 0. The Labute approximate surface area is 73.1 Å². The predicted octanol–water partition coefficient (Wildman–Crippen LogP) is 1.75. The van der Waals surface area contributed by atoms with Crippen LogP contribution in [0.25, 0.3) is 6.08 Å². The van der Waals surface area contributed by atoms with Crippen LogP contribution in [-0.2, 0) is 0 Å². The number of pyridine rings is 1. The third kappa shape index (κ3) is 2.47. The molecule has 1 atom stereocenters. The Hall–Kier alpha value is -1.15. The molecule has 0 aliphatic carbocycles. The van der Waals surface area contributed by atoms with Crippen molar-refractivity contribution in [2.75, 3.05) is 0 Å². The second kappa shape index (κ2) is 4.02. The van der Waals surface area contributed by atoms with E-state index in [1.54, 1.807) is 6.20 Å².